The summed E-state index contributed by atoms with van der Waals surface area (Å²) in [4.78, 5) is 13.3. The van der Waals surface area contributed by atoms with Crippen molar-refractivity contribution in [3.63, 3.8) is 0 Å². The quantitative estimate of drug-likeness (QED) is 0.895. The van der Waals surface area contributed by atoms with Crippen molar-refractivity contribution in [2.45, 2.75) is 27.2 Å². The normalized spacial score (nSPS) is 10.4. The Morgan fingerprint density at radius 3 is 2.67 bits per heavy atom. The van der Waals surface area contributed by atoms with Gasteiger partial charge in [-0.1, -0.05) is 6.07 Å². The van der Waals surface area contributed by atoms with E-state index in [9.17, 15) is 0 Å². The molecule has 2 aromatic heterocycles. The molecule has 2 rings (SSSR count). The lowest BCUT2D eigenvalue weighted by atomic mass is 10.1. The van der Waals surface area contributed by atoms with Crippen molar-refractivity contribution in [3.05, 3.63) is 47.2 Å². The number of nitrogens with zero attached hydrogens (tertiary/aromatic N) is 3. The molecule has 0 radical (unpaired) electrons. The van der Waals surface area contributed by atoms with Gasteiger partial charge in [-0.3, -0.25) is 4.98 Å². The highest BCUT2D eigenvalue weighted by Gasteiger charge is 2.09. The highest BCUT2D eigenvalue weighted by Crippen LogP contribution is 2.17. The Kier molecular flexibility index (Phi) is 3.87. The van der Waals surface area contributed by atoms with Crippen molar-refractivity contribution in [3.8, 4) is 0 Å². The zero-order valence-electron chi connectivity index (χ0n) is 11.1. The number of aromatic nitrogens is 3. The van der Waals surface area contributed by atoms with E-state index in [1.165, 1.54) is 0 Å². The van der Waals surface area contributed by atoms with E-state index in [0.717, 1.165) is 41.6 Å². The number of hydrogen-bond donors (Lipinski definition) is 1. The van der Waals surface area contributed by atoms with E-state index in [1.54, 1.807) is 0 Å². The van der Waals surface area contributed by atoms with Crippen LogP contribution in [0.2, 0.25) is 0 Å². The first kappa shape index (κ1) is 12.5. The van der Waals surface area contributed by atoms with Gasteiger partial charge in [0.05, 0.1) is 5.69 Å². The molecule has 94 valence electrons. The van der Waals surface area contributed by atoms with Crippen LogP contribution in [-0.4, -0.2) is 21.5 Å². The van der Waals surface area contributed by atoms with E-state index >= 15 is 0 Å². The molecular formula is C14H18N4. The van der Waals surface area contributed by atoms with Crippen LogP contribution in [0.5, 0.6) is 0 Å². The van der Waals surface area contributed by atoms with Crippen LogP contribution in [0.15, 0.2) is 24.4 Å². The van der Waals surface area contributed by atoms with Crippen LogP contribution in [0.3, 0.4) is 0 Å². The van der Waals surface area contributed by atoms with Gasteiger partial charge in [0.1, 0.15) is 11.6 Å². The molecule has 0 saturated carbocycles. The summed E-state index contributed by atoms with van der Waals surface area (Å²) >= 11 is 0. The first-order valence-corrected chi connectivity index (χ1v) is 6.18. The third kappa shape index (κ3) is 2.83. The highest BCUT2D eigenvalue weighted by atomic mass is 15.0. The Bertz CT molecular complexity index is 523. The van der Waals surface area contributed by atoms with Gasteiger partial charge in [-0.15, -0.1) is 0 Å². The summed E-state index contributed by atoms with van der Waals surface area (Å²) in [5, 5.41) is 3.27. The zero-order valence-corrected chi connectivity index (χ0v) is 11.1. The summed E-state index contributed by atoms with van der Waals surface area (Å²) < 4.78 is 0. The van der Waals surface area contributed by atoms with Crippen LogP contribution in [0.25, 0.3) is 0 Å². The van der Waals surface area contributed by atoms with Crippen LogP contribution in [0, 0.1) is 13.8 Å². The van der Waals surface area contributed by atoms with E-state index in [-0.39, 0.29) is 0 Å². The number of nitrogens with one attached hydrogen (secondary N) is 1. The molecule has 18 heavy (non-hydrogen) atoms. The van der Waals surface area contributed by atoms with Crippen molar-refractivity contribution in [2.24, 2.45) is 0 Å². The van der Waals surface area contributed by atoms with Gasteiger partial charge in [0.2, 0.25) is 0 Å². The summed E-state index contributed by atoms with van der Waals surface area (Å²) in [6, 6.07) is 5.94. The third-order valence-electron chi connectivity index (χ3n) is 2.78. The first-order chi connectivity index (χ1) is 8.70. The van der Waals surface area contributed by atoms with Gasteiger partial charge in [-0.2, -0.15) is 0 Å². The maximum Gasteiger partial charge on any atom is 0.132 e. The predicted molar refractivity (Wildman–Crippen MR) is 72.7 cm³/mol. The molecule has 0 unspecified atom stereocenters. The average molecular weight is 242 g/mol. The van der Waals surface area contributed by atoms with Crippen LogP contribution >= 0.6 is 0 Å². The largest absolute Gasteiger partial charge is 0.370 e. The maximum absolute atomic E-state index is 4.52. The zero-order chi connectivity index (χ0) is 13.0. The smallest absolute Gasteiger partial charge is 0.132 e. The molecule has 2 heterocycles. The lowest BCUT2D eigenvalue weighted by Crippen LogP contribution is -2.08. The predicted octanol–water partition coefficient (Wildman–Crippen LogP) is 2.51. The van der Waals surface area contributed by atoms with E-state index in [1.807, 2.05) is 31.3 Å². The molecule has 0 spiro atoms. The minimum atomic E-state index is 0.744. The minimum Gasteiger partial charge on any atom is -0.370 e. The number of pyridine rings is 1. The van der Waals surface area contributed by atoms with Crippen molar-refractivity contribution >= 4 is 5.82 Å². The molecule has 1 N–H and O–H groups in total. The fourth-order valence-electron chi connectivity index (χ4n) is 1.87. The van der Waals surface area contributed by atoms with Gasteiger partial charge in [0.25, 0.3) is 0 Å². The molecule has 2 aromatic rings. The van der Waals surface area contributed by atoms with Crippen molar-refractivity contribution in [2.75, 3.05) is 11.9 Å². The molecule has 4 nitrogen and oxygen atoms in total. The summed E-state index contributed by atoms with van der Waals surface area (Å²) in [6.07, 6.45) is 2.55. The van der Waals surface area contributed by atoms with Crippen molar-refractivity contribution in [1.82, 2.24) is 15.0 Å². The van der Waals surface area contributed by atoms with Crippen molar-refractivity contribution < 1.29 is 0 Å². The number of rotatable bonds is 4. The second kappa shape index (κ2) is 5.58. The molecule has 0 aliphatic carbocycles. The Morgan fingerprint density at radius 1 is 1.17 bits per heavy atom. The SMILES string of the molecule is CCNc1nc(C)nc(Cc2ccccn2)c1C. The Balaban J connectivity index is 2.33. The minimum absolute atomic E-state index is 0.744. The van der Waals surface area contributed by atoms with Crippen LogP contribution in [0.1, 0.15) is 29.7 Å². The first-order valence-electron chi connectivity index (χ1n) is 6.18. The number of aryl methyl sites for hydroxylation is 1. The molecule has 0 aromatic carbocycles. The van der Waals surface area contributed by atoms with Gasteiger partial charge < -0.3 is 5.32 Å². The third-order valence-corrected chi connectivity index (χ3v) is 2.78. The van der Waals surface area contributed by atoms with Crippen LogP contribution < -0.4 is 5.32 Å². The molecule has 0 bridgehead atoms. The molecule has 0 saturated heterocycles. The summed E-state index contributed by atoms with van der Waals surface area (Å²) in [7, 11) is 0. The average Bonchev–Trinajstić information content (AvgIpc) is 2.36. The molecule has 0 amide bonds. The lowest BCUT2D eigenvalue weighted by molar-refractivity contribution is 0.921. The standard InChI is InChI=1S/C14H18N4/c1-4-15-14-10(2)13(17-11(3)18-14)9-12-7-5-6-8-16-12/h5-8H,4,9H2,1-3H3,(H,15,17,18). The maximum atomic E-state index is 4.52. The monoisotopic (exact) mass is 242 g/mol. The van der Waals surface area contributed by atoms with E-state index in [2.05, 4.69) is 34.1 Å². The Labute approximate surface area is 108 Å². The fraction of sp³-hybridized carbons (Fsp3) is 0.357. The molecular weight excluding hydrogens is 224 g/mol. The summed E-state index contributed by atoms with van der Waals surface area (Å²) in [5.74, 6) is 1.72. The Hall–Kier alpha value is -1.97. The molecule has 0 fully saturated rings. The van der Waals surface area contributed by atoms with Crippen LogP contribution in [0.4, 0.5) is 5.82 Å². The van der Waals surface area contributed by atoms with Crippen molar-refractivity contribution in [1.29, 1.82) is 0 Å². The second-order valence-corrected chi connectivity index (χ2v) is 4.22. The van der Waals surface area contributed by atoms with Gasteiger partial charge in [-0.05, 0) is 32.9 Å². The molecule has 0 atom stereocenters. The van der Waals surface area contributed by atoms with Crippen LogP contribution in [-0.2, 0) is 6.42 Å². The lowest BCUT2D eigenvalue weighted by Gasteiger charge is -2.11. The summed E-state index contributed by atoms with van der Waals surface area (Å²) in [5.41, 5.74) is 3.17. The van der Waals surface area contributed by atoms with Gasteiger partial charge >= 0.3 is 0 Å². The molecule has 4 heteroatoms. The topological polar surface area (TPSA) is 50.7 Å². The molecule has 0 aliphatic rings. The fourth-order valence-corrected chi connectivity index (χ4v) is 1.87. The van der Waals surface area contributed by atoms with E-state index in [4.69, 9.17) is 0 Å². The Morgan fingerprint density at radius 2 is 2.00 bits per heavy atom. The van der Waals surface area contributed by atoms with Gasteiger partial charge in [-0.25, -0.2) is 9.97 Å². The van der Waals surface area contributed by atoms with Gasteiger partial charge in [0.15, 0.2) is 0 Å². The second-order valence-electron chi connectivity index (χ2n) is 4.22. The van der Waals surface area contributed by atoms with E-state index in [0.29, 0.717) is 0 Å². The summed E-state index contributed by atoms with van der Waals surface area (Å²) in [6.45, 7) is 6.90. The van der Waals surface area contributed by atoms with E-state index < -0.39 is 0 Å². The number of hydrogen-bond acceptors (Lipinski definition) is 4. The highest BCUT2D eigenvalue weighted by molar-refractivity contribution is 5.46. The molecule has 0 aliphatic heterocycles. The number of anilines is 1. The van der Waals surface area contributed by atoms with Gasteiger partial charge in [0, 0.05) is 30.4 Å².